The fourth-order valence-corrected chi connectivity index (χ4v) is 5.18. The molecule has 0 aliphatic rings. The second-order valence-electron chi connectivity index (χ2n) is 7.47. The van der Waals surface area contributed by atoms with Crippen molar-refractivity contribution in [2.45, 2.75) is 30.8 Å². The highest BCUT2D eigenvalue weighted by atomic mass is 35.5. The molecule has 3 aromatic rings. The van der Waals surface area contributed by atoms with E-state index in [-0.39, 0.29) is 23.6 Å². The van der Waals surface area contributed by atoms with E-state index in [4.69, 9.17) is 27.9 Å². The van der Waals surface area contributed by atoms with E-state index in [1.807, 2.05) is 30.3 Å². The average molecular weight is 507 g/mol. The van der Waals surface area contributed by atoms with Crippen LogP contribution in [0.5, 0.6) is 5.75 Å². The van der Waals surface area contributed by atoms with Crippen molar-refractivity contribution in [2.24, 2.45) is 0 Å². The van der Waals surface area contributed by atoms with E-state index in [1.165, 1.54) is 13.2 Å². The molecule has 0 saturated carbocycles. The zero-order valence-electron chi connectivity index (χ0n) is 18.1. The molecule has 33 heavy (non-hydrogen) atoms. The third kappa shape index (κ3) is 6.71. The lowest BCUT2D eigenvalue weighted by atomic mass is 10.1. The van der Waals surface area contributed by atoms with Crippen LogP contribution in [0.1, 0.15) is 16.7 Å². The van der Waals surface area contributed by atoms with Gasteiger partial charge in [0.1, 0.15) is 16.7 Å². The van der Waals surface area contributed by atoms with E-state index in [0.29, 0.717) is 15.6 Å². The number of ether oxygens (including phenoxy) is 1. The van der Waals surface area contributed by atoms with Crippen LogP contribution in [-0.2, 0) is 27.8 Å². The number of hydrogen-bond donors (Lipinski definition) is 2. The molecule has 0 aromatic heterocycles. The molecule has 9 heteroatoms. The second kappa shape index (κ2) is 11.0. The fraction of sp³-hybridized carbons (Fsp3) is 0.208. The number of aryl methyl sites for hydroxylation is 1. The number of methoxy groups -OCH3 is 1. The normalized spacial score (nSPS) is 12.2. The first-order chi connectivity index (χ1) is 15.7. The molecule has 0 heterocycles. The Morgan fingerprint density at radius 3 is 2.42 bits per heavy atom. The third-order valence-electron chi connectivity index (χ3n) is 4.97. The first kappa shape index (κ1) is 25.1. The van der Waals surface area contributed by atoms with E-state index < -0.39 is 22.0 Å². The first-order valence-electron chi connectivity index (χ1n) is 10.1. The molecule has 174 valence electrons. The molecule has 0 unspecified atom stereocenters. The Bertz CT molecular complexity index is 1230. The van der Waals surface area contributed by atoms with Crippen LogP contribution in [0.15, 0.2) is 71.6 Å². The Balaban J connectivity index is 1.86. The largest absolute Gasteiger partial charge is 0.495 e. The molecule has 0 aliphatic heterocycles. The number of halogens is 2. The molecular formula is C24H24Cl2N2O4S. The van der Waals surface area contributed by atoms with Crippen LogP contribution in [0.25, 0.3) is 0 Å². The fourth-order valence-electron chi connectivity index (χ4n) is 3.25. The highest BCUT2D eigenvalue weighted by Gasteiger charge is 2.28. The topological polar surface area (TPSA) is 84.5 Å². The Kier molecular flexibility index (Phi) is 8.37. The van der Waals surface area contributed by atoms with Gasteiger partial charge in [0.25, 0.3) is 0 Å². The van der Waals surface area contributed by atoms with Gasteiger partial charge >= 0.3 is 0 Å². The highest BCUT2D eigenvalue weighted by Crippen LogP contribution is 2.25. The van der Waals surface area contributed by atoms with Crippen molar-refractivity contribution in [3.8, 4) is 5.75 Å². The van der Waals surface area contributed by atoms with E-state index in [0.717, 1.165) is 11.1 Å². The Labute approximate surface area is 203 Å². The van der Waals surface area contributed by atoms with Gasteiger partial charge < -0.3 is 10.1 Å². The van der Waals surface area contributed by atoms with Crippen molar-refractivity contribution < 1.29 is 17.9 Å². The van der Waals surface area contributed by atoms with Gasteiger partial charge in [0.2, 0.25) is 15.9 Å². The number of sulfonamides is 1. The number of rotatable bonds is 9. The van der Waals surface area contributed by atoms with Gasteiger partial charge in [0.15, 0.2) is 0 Å². The second-order valence-corrected chi connectivity index (χ2v) is 10.00. The monoisotopic (exact) mass is 506 g/mol. The van der Waals surface area contributed by atoms with E-state index >= 15 is 0 Å². The van der Waals surface area contributed by atoms with Crippen LogP contribution in [-0.4, -0.2) is 27.5 Å². The maximum atomic E-state index is 13.2. The summed E-state index contributed by atoms with van der Waals surface area (Å²) in [5.41, 5.74) is 2.22. The number of benzene rings is 3. The molecular weight excluding hydrogens is 483 g/mol. The third-order valence-corrected chi connectivity index (χ3v) is 7.05. The summed E-state index contributed by atoms with van der Waals surface area (Å²) in [4.78, 5) is 13.1. The van der Waals surface area contributed by atoms with E-state index in [1.54, 1.807) is 37.3 Å². The highest BCUT2D eigenvalue weighted by molar-refractivity contribution is 7.89. The Hall–Kier alpha value is -2.58. The molecule has 0 saturated heterocycles. The summed E-state index contributed by atoms with van der Waals surface area (Å²) in [7, 11) is -2.67. The molecule has 3 rings (SSSR count). The summed E-state index contributed by atoms with van der Waals surface area (Å²) < 4.78 is 34.2. The van der Waals surface area contributed by atoms with E-state index in [9.17, 15) is 13.2 Å². The summed E-state index contributed by atoms with van der Waals surface area (Å²) in [6.45, 7) is 1.90. The standard InChI is InChI=1S/C24H24Cl2N2O4S/c1-16-8-11-22(32-2)23(12-16)33(30,31)28-21(13-17-6-4-3-5-7-17)24(29)27-15-18-9-10-19(25)14-20(18)26/h3-12,14,21,28H,13,15H2,1-2H3,(H,27,29)/t21-/m0/s1. The number of amides is 1. The summed E-state index contributed by atoms with van der Waals surface area (Å²) in [6.07, 6.45) is 0.161. The quantitative estimate of drug-likeness (QED) is 0.446. The van der Waals surface area contributed by atoms with Crippen molar-refractivity contribution in [1.82, 2.24) is 10.0 Å². The Morgan fingerprint density at radius 1 is 1.03 bits per heavy atom. The average Bonchev–Trinajstić information content (AvgIpc) is 2.78. The van der Waals surface area contributed by atoms with Crippen LogP contribution >= 0.6 is 23.2 Å². The molecule has 2 N–H and O–H groups in total. The van der Waals surface area contributed by atoms with Crippen molar-refractivity contribution in [3.05, 3.63) is 93.5 Å². The zero-order valence-corrected chi connectivity index (χ0v) is 20.5. The lowest BCUT2D eigenvalue weighted by Gasteiger charge is -2.20. The van der Waals surface area contributed by atoms with Crippen molar-refractivity contribution in [3.63, 3.8) is 0 Å². The zero-order chi connectivity index (χ0) is 24.0. The minimum absolute atomic E-state index is 0.0309. The van der Waals surface area contributed by atoms with Crippen LogP contribution in [0.2, 0.25) is 10.0 Å². The molecule has 3 aromatic carbocycles. The Morgan fingerprint density at radius 2 is 1.76 bits per heavy atom. The molecule has 0 spiro atoms. The first-order valence-corrected chi connectivity index (χ1v) is 12.4. The van der Waals surface area contributed by atoms with Gasteiger partial charge in [-0.25, -0.2) is 8.42 Å². The molecule has 1 amide bonds. The SMILES string of the molecule is COc1ccc(C)cc1S(=O)(=O)N[C@@H](Cc1ccccc1)C(=O)NCc1ccc(Cl)cc1Cl. The summed E-state index contributed by atoms with van der Waals surface area (Å²) >= 11 is 12.1. The summed E-state index contributed by atoms with van der Waals surface area (Å²) in [6, 6.07) is 17.9. The van der Waals surface area contributed by atoms with Crippen molar-refractivity contribution in [2.75, 3.05) is 7.11 Å². The maximum absolute atomic E-state index is 13.2. The van der Waals surface area contributed by atoms with Gasteiger partial charge in [-0.2, -0.15) is 4.72 Å². The van der Waals surface area contributed by atoms with Crippen molar-refractivity contribution in [1.29, 1.82) is 0 Å². The van der Waals surface area contributed by atoms with Gasteiger partial charge in [-0.3, -0.25) is 4.79 Å². The van der Waals surface area contributed by atoms with Gasteiger partial charge in [-0.15, -0.1) is 0 Å². The lowest BCUT2D eigenvalue weighted by Crippen LogP contribution is -2.47. The van der Waals surface area contributed by atoms with E-state index in [2.05, 4.69) is 10.0 Å². The molecule has 0 fully saturated rings. The molecule has 1 atom stereocenters. The van der Waals surface area contributed by atoms with Crippen molar-refractivity contribution >= 4 is 39.1 Å². The van der Waals surface area contributed by atoms with Crippen LogP contribution < -0.4 is 14.8 Å². The van der Waals surface area contributed by atoms with Gasteiger partial charge in [-0.1, -0.05) is 65.7 Å². The van der Waals surface area contributed by atoms with Gasteiger partial charge in [-0.05, 0) is 54.3 Å². The summed E-state index contributed by atoms with van der Waals surface area (Å²) in [5, 5.41) is 3.66. The predicted molar refractivity (Wildman–Crippen MR) is 130 cm³/mol. The van der Waals surface area contributed by atoms with Crippen LogP contribution in [0.3, 0.4) is 0 Å². The predicted octanol–water partition coefficient (Wildman–Crippen LogP) is 4.52. The number of carbonyl (C=O) groups is 1. The lowest BCUT2D eigenvalue weighted by molar-refractivity contribution is -0.122. The number of nitrogens with one attached hydrogen (secondary N) is 2. The van der Waals surface area contributed by atoms with Gasteiger partial charge in [0.05, 0.1) is 7.11 Å². The molecule has 6 nitrogen and oxygen atoms in total. The molecule has 0 bridgehead atoms. The maximum Gasteiger partial charge on any atom is 0.244 e. The molecule has 0 aliphatic carbocycles. The van der Waals surface area contributed by atoms with Crippen LogP contribution in [0.4, 0.5) is 0 Å². The smallest absolute Gasteiger partial charge is 0.244 e. The summed E-state index contributed by atoms with van der Waals surface area (Å²) in [5.74, 6) is -0.292. The van der Waals surface area contributed by atoms with Gasteiger partial charge in [0, 0.05) is 16.6 Å². The molecule has 0 radical (unpaired) electrons. The number of carbonyl (C=O) groups excluding carboxylic acids is 1. The minimum Gasteiger partial charge on any atom is -0.495 e. The minimum atomic E-state index is -4.07. The number of hydrogen-bond acceptors (Lipinski definition) is 4. The van der Waals surface area contributed by atoms with Crippen LogP contribution in [0, 0.1) is 6.92 Å².